The van der Waals surface area contributed by atoms with Gasteiger partial charge in [0.1, 0.15) is 5.82 Å². The second-order valence-electron chi connectivity index (χ2n) is 6.99. The minimum atomic E-state index is -0.986. The van der Waals surface area contributed by atoms with Crippen molar-refractivity contribution in [1.82, 2.24) is 0 Å². The predicted octanol–water partition coefficient (Wildman–Crippen LogP) is 3.42. The molecule has 0 bridgehead atoms. The van der Waals surface area contributed by atoms with E-state index in [4.69, 9.17) is 5.73 Å². The lowest BCUT2D eigenvalue weighted by Gasteiger charge is -2.14. The van der Waals surface area contributed by atoms with Crippen LogP contribution >= 0.6 is 0 Å². The summed E-state index contributed by atoms with van der Waals surface area (Å²) in [7, 11) is 0. The molecule has 0 aliphatic heterocycles. The molecule has 0 saturated heterocycles. The van der Waals surface area contributed by atoms with Crippen LogP contribution in [0.1, 0.15) is 35.1 Å². The number of nitrogens with two attached hydrogens (primary N) is 1. The van der Waals surface area contributed by atoms with Crippen molar-refractivity contribution in [3.05, 3.63) is 64.5 Å². The van der Waals surface area contributed by atoms with Gasteiger partial charge in [0.15, 0.2) is 0 Å². The van der Waals surface area contributed by atoms with E-state index in [1.165, 1.54) is 6.07 Å². The summed E-state index contributed by atoms with van der Waals surface area (Å²) >= 11 is 0. The molecule has 2 aromatic rings. The van der Waals surface area contributed by atoms with Gasteiger partial charge in [-0.2, -0.15) is 0 Å². The van der Waals surface area contributed by atoms with E-state index in [0.717, 1.165) is 27.8 Å². The summed E-state index contributed by atoms with van der Waals surface area (Å²) in [6, 6.07) is 9.04. The SMILES string of the molecule is Cc1cc(C)c(/C=C/[C@@H](O)C[C@@H](O)CC(N)=O)c(-c2ccc(F)c(C)c2)c1. The zero-order chi connectivity index (χ0) is 20.1. The molecule has 0 aliphatic rings. The lowest BCUT2D eigenvalue weighted by atomic mass is 9.92. The third kappa shape index (κ3) is 5.74. The zero-order valence-corrected chi connectivity index (χ0v) is 15.9. The molecule has 27 heavy (non-hydrogen) atoms. The average molecular weight is 371 g/mol. The maximum atomic E-state index is 13.6. The first kappa shape index (κ1) is 20.8. The van der Waals surface area contributed by atoms with Crippen LogP contribution in [0.5, 0.6) is 0 Å². The number of aliphatic hydroxyl groups excluding tert-OH is 2. The first-order valence-electron chi connectivity index (χ1n) is 8.87. The van der Waals surface area contributed by atoms with Crippen molar-refractivity contribution < 1.29 is 19.4 Å². The highest BCUT2D eigenvalue weighted by Gasteiger charge is 2.13. The van der Waals surface area contributed by atoms with Crippen LogP contribution in [0.4, 0.5) is 4.39 Å². The molecule has 2 atom stereocenters. The van der Waals surface area contributed by atoms with Gasteiger partial charge in [-0.1, -0.05) is 35.9 Å². The van der Waals surface area contributed by atoms with E-state index in [9.17, 15) is 19.4 Å². The molecule has 0 saturated carbocycles. The van der Waals surface area contributed by atoms with Gasteiger partial charge in [-0.25, -0.2) is 4.39 Å². The van der Waals surface area contributed by atoms with Crippen molar-refractivity contribution in [2.75, 3.05) is 0 Å². The second kappa shape index (κ2) is 8.93. The Labute approximate surface area is 159 Å². The van der Waals surface area contributed by atoms with E-state index in [1.54, 1.807) is 31.2 Å². The number of aliphatic hydroxyl groups is 2. The largest absolute Gasteiger partial charge is 0.392 e. The first-order valence-corrected chi connectivity index (χ1v) is 8.87. The van der Waals surface area contributed by atoms with Gasteiger partial charge < -0.3 is 15.9 Å². The number of hydrogen-bond donors (Lipinski definition) is 3. The monoisotopic (exact) mass is 371 g/mol. The Bertz CT molecular complexity index is 861. The molecule has 0 aliphatic carbocycles. The number of amides is 1. The molecule has 0 aromatic heterocycles. The molecule has 2 aromatic carbocycles. The normalized spacial score (nSPS) is 13.7. The number of carbonyl (C=O) groups is 1. The molecule has 0 unspecified atom stereocenters. The van der Waals surface area contributed by atoms with Gasteiger partial charge in [0, 0.05) is 6.42 Å². The van der Waals surface area contributed by atoms with E-state index in [-0.39, 0.29) is 18.7 Å². The molecular weight excluding hydrogens is 345 g/mol. The van der Waals surface area contributed by atoms with E-state index in [0.29, 0.717) is 5.56 Å². The fourth-order valence-corrected chi connectivity index (χ4v) is 3.13. The standard InChI is InChI=1S/C22H26FNO3/c1-13-8-14(2)19(6-5-17(25)11-18(26)12-22(24)27)20(9-13)16-4-7-21(23)15(3)10-16/h4-10,17-18,25-26H,11-12H2,1-3H3,(H2,24,27)/b6-5+/t17-,18-/m1/s1. The van der Waals surface area contributed by atoms with Gasteiger partial charge in [-0.15, -0.1) is 0 Å². The summed E-state index contributed by atoms with van der Waals surface area (Å²) in [5.41, 5.74) is 10.5. The first-order chi connectivity index (χ1) is 12.7. The van der Waals surface area contributed by atoms with Crippen LogP contribution in [-0.2, 0) is 4.79 Å². The van der Waals surface area contributed by atoms with Gasteiger partial charge in [0.2, 0.25) is 5.91 Å². The van der Waals surface area contributed by atoms with Crippen LogP contribution in [0.2, 0.25) is 0 Å². The third-order valence-electron chi connectivity index (χ3n) is 4.44. The molecule has 144 valence electrons. The zero-order valence-electron chi connectivity index (χ0n) is 15.9. The third-order valence-corrected chi connectivity index (χ3v) is 4.44. The summed E-state index contributed by atoms with van der Waals surface area (Å²) in [4.78, 5) is 10.8. The molecule has 0 heterocycles. The Hall–Kier alpha value is -2.50. The van der Waals surface area contributed by atoms with Gasteiger partial charge in [-0.05, 0) is 60.7 Å². The summed E-state index contributed by atoms with van der Waals surface area (Å²) in [6.07, 6.45) is 1.32. The fraction of sp³-hybridized carbons (Fsp3) is 0.318. The van der Waals surface area contributed by atoms with Gasteiger partial charge in [-0.3, -0.25) is 4.79 Å². The summed E-state index contributed by atoms with van der Waals surface area (Å²) in [5, 5.41) is 19.9. The Morgan fingerprint density at radius 3 is 2.48 bits per heavy atom. The van der Waals surface area contributed by atoms with Crippen molar-refractivity contribution in [1.29, 1.82) is 0 Å². The molecule has 0 fully saturated rings. The lowest BCUT2D eigenvalue weighted by Crippen LogP contribution is -2.23. The number of rotatable bonds is 7. The van der Waals surface area contributed by atoms with E-state index >= 15 is 0 Å². The number of halogens is 1. The Balaban J connectivity index is 2.33. The number of hydrogen-bond acceptors (Lipinski definition) is 3. The minimum absolute atomic E-state index is 0.0232. The Morgan fingerprint density at radius 2 is 1.85 bits per heavy atom. The van der Waals surface area contributed by atoms with Crippen LogP contribution in [0.3, 0.4) is 0 Å². The van der Waals surface area contributed by atoms with Gasteiger partial charge >= 0.3 is 0 Å². The van der Waals surface area contributed by atoms with E-state index in [1.807, 2.05) is 26.0 Å². The molecule has 4 N–H and O–H groups in total. The number of carbonyl (C=O) groups excluding carboxylic acids is 1. The van der Waals surface area contributed by atoms with Crippen molar-refractivity contribution in [3.63, 3.8) is 0 Å². The topological polar surface area (TPSA) is 83.6 Å². The van der Waals surface area contributed by atoms with E-state index < -0.39 is 18.1 Å². The van der Waals surface area contributed by atoms with Crippen LogP contribution in [0.15, 0.2) is 36.4 Å². The minimum Gasteiger partial charge on any atom is -0.392 e. The van der Waals surface area contributed by atoms with Gasteiger partial charge in [0.05, 0.1) is 18.6 Å². The highest BCUT2D eigenvalue weighted by atomic mass is 19.1. The summed E-state index contributed by atoms with van der Waals surface area (Å²) < 4.78 is 13.6. The Morgan fingerprint density at radius 1 is 1.15 bits per heavy atom. The van der Waals surface area contributed by atoms with Crippen molar-refractivity contribution >= 4 is 12.0 Å². The van der Waals surface area contributed by atoms with Crippen LogP contribution in [-0.4, -0.2) is 28.3 Å². The van der Waals surface area contributed by atoms with Crippen molar-refractivity contribution in [3.8, 4) is 11.1 Å². The predicted molar refractivity (Wildman–Crippen MR) is 106 cm³/mol. The highest BCUT2D eigenvalue weighted by molar-refractivity contribution is 5.78. The molecule has 0 spiro atoms. The van der Waals surface area contributed by atoms with Crippen LogP contribution in [0.25, 0.3) is 17.2 Å². The number of benzene rings is 2. The molecule has 5 heteroatoms. The van der Waals surface area contributed by atoms with Crippen molar-refractivity contribution in [2.45, 2.75) is 45.8 Å². The maximum absolute atomic E-state index is 13.6. The molecule has 2 rings (SSSR count). The summed E-state index contributed by atoms with van der Waals surface area (Å²) in [6.45, 7) is 5.69. The molecular formula is C22H26FNO3. The van der Waals surface area contributed by atoms with E-state index in [2.05, 4.69) is 0 Å². The molecule has 4 nitrogen and oxygen atoms in total. The van der Waals surface area contributed by atoms with Crippen LogP contribution in [0, 0.1) is 26.6 Å². The maximum Gasteiger partial charge on any atom is 0.220 e. The number of primary amides is 1. The smallest absolute Gasteiger partial charge is 0.220 e. The number of aryl methyl sites for hydroxylation is 3. The van der Waals surface area contributed by atoms with Crippen molar-refractivity contribution in [2.24, 2.45) is 5.73 Å². The second-order valence-corrected chi connectivity index (χ2v) is 6.99. The average Bonchev–Trinajstić information content (AvgIpc) is 2.55. The molecule has 0 radical (unpaired) electrons. The lowest BCUT2D eigenvalue weighted by molar-refractivity contribution is -0.120. The summed E-state index contributed by atoms with van der Waals surface area (Å²) in [5.74, 6) is -0.860. The van der Waals surface area contributed by atoms with Gasteiger partial charge in [0.25, 0.3) is 0 Å². The fourth-order valence-electron chi connectivity index (χ4n) is 3.13. The quantitative estimate of drug-likeness (QED) is 0.697. The Kier molecular flexibility index (Phi) is 6.88. The van der Waals surface area contributed by atoms with Crippen LogP contribution < -0.4 is 5.73 Å². The molecule has 1 amide bonds. The highest BCUT2D eigenvalue weighted by Crippen LogP contribution is 2.30.